The Balaban J connectivity index is 2.42. The second-order valence-corrected chi connectivity index (χ2v) is 4.10. The highest BCUT2D eigenvalue weighted by molar-refractivity contribution is 5.44. The molecule has 0 bridgehead atoms. The van der Waals surface area contributed by atoms with Gasteiger partial charge in [-0.05, 0) is 12.1 Å². The van der Waals surface area contributed by atoms with Crippen LogP contribution in [0.3, 0.4) is 0 Å². The first-order valence-electron chi connectivity index (χ1n) is 5.44. The van der Waals surface area contributed by atoms with Crippen LogP contribution in [-0.4, -0.2) is 11.7 Å². The van der Waals surface area contributed by atoms with E-state index in [0.29, 0.717) is 0 Å². The quantitative estimate of drug-likeness (QED) is 0.697. The molecular weight excluding hydrogens is 198 g/mol. The van der Waals surface area contributed by atoms with E-state index in [1.807, 2.05) is 6.07 Å². The molecule has 1 aromatic heterocycles. The summed E-state index contributed by atoms with van der Waals surface area (Å²) in [5, 5.41) is 2.14. The maximum Gasteiger partial charge on any atom is 0.267 e. The Hall–Kier alpha value is -1.77. The van der Waals surface area contributed by atoms with Gasteiger partial charge in [-0.2, -0.15) is 0 Å². The summed E-state index contributed by atoms with van der Waals surface area (Å²) in [6.07, 6.45) is 2.09. The van der Waals surface area contributed by atoms with Crippen LogP contribution in [0.5, 0.6) is 0 Å². The van der Waals surface area contributed by atoms with Crippen molar-refractivity contribution in [1.29, 1.82) is 0 Å². The number of aryl methyl sites for hydroxylation is 1. The van der Waals surface area contributed by atoms with Crippen LogP contribution in [0.15, 0.2) is 36.7 Å². The molecule has 2 rings (SSSR count). The van der Waals surface area contributed by atoms with E-state index in [-0.39, 0.29) is 0 Å². The van der Waals surface area contributed by atoms with Crippen molar-refractivity contribution < 1.29 is 4.57 Å². The molecule has 1 heterocycles. The fourth-order valence-electron chi connectivity index (χ4n) is 1.83. The number of aromatic nitrogens is 2. The molecule has 3 nitrogen and oxygen atoms in total. The van der Waals surface area contributed by atoms with Crippen molar-refractivity contribution in [2.24, 2.45) is 7.05 Å². The Morgan fingerprint density at radius 1 is 1.12 bits per heavy atom. The number of para-hydroxylation sites is 1. The van der Waals surface area contributed by atoms with Gasteiger partial charge < -0.3 is 0 Å². The van der Waals surface area contributed by atoms with E-state index in [1.54, 1.807) is 0 Å². The van der Waals surface area contributed by atoms with Gasteiger partial charge in [0.1, 0.15) is 5.69 Å². The lowest BCUT2D eigenvalue weighted by Gasteiger charge is -2.15. The number of rotatable bonds is 2. The highest BCUT2D eigenvalue weighted by Crippen LogP contribution is 2.14. The van der Waals surface area contributed by atoms with Crippen LogP contribution in [0, 0.1) is 13.8 Å². The van der Waals surface area contributed by atoms with Crippen LogP contribution in [0.4, 0.5) is 5.69 Å². The molecule has 0 aliphatic heterocycles. The van der Waals surface area contributed by atoms with Gasteiger partial charge in [0.2, 0.25) is 0 Å². The molecule has 0 radical (unpaired) electrons. The minimum absolute atomic E-state index is 1.18. The van der Waals surface area contributed by atoms with E-state index in [0.717, 1.165) is 0 Å². The fourth-order valence-corrected chi connectivity index (χ4v) is 1.83. The molecule has 16 heavy (non-hydrogen) atoms. The third kappa shape index (κ3) is 1.69. The smallest absolute Gasteiger partial charge is 0.235 e. The van der Waals surface area contributed by atoms with Gasteiger partial charge in [-0.1, -0.05) is 18.2 Å². The maximum absolute atomic E-state index is 2.16. The zero-order valence-corrected chi connectivity index (χ0v) is 10.3. The van der Waals surface area contributed by atoms with Crippen LogP contribution in [0.1, 0.15) is 11.4 Å². The molecule has 0 fully saturated rings. The molecule has 3 heteroatoms. The van der Waals surface area contributed by atoms with Gasteiger partial charge in [-0.25, -0.2) is 9.58 Å². The summed E-state index contributed by atoms with van der Waals surface area (Å²) in [6.45, 7) is 4.26. The summed E-state index contributed by atoms with van der Waals surface area (Å²) >= 11 is 0. The third-order valence-corrected chi connectivity index (χ3v) is 3.13. The second kappa shape index (κ2) is 4.00. The first-order chi connectivity index (χ1) is 7.61. The Morgan fingerprint density at radius 2 is 1.75 bits per heavy atom. The molecule has 0 aliphatic carbocycles. The van der Waals surface area contributed by atoms with E-state index in [9.17, 15) is 0 Å². The van der Waals surface area contributed by atoms with Crippen LogP contribution in [0.25, 0.3) is 0 Å². The first-order valence-corrected chi connectivity index (χ1v) is 5.44. The Morgan fingerprint density at radius 3 is 2.25 bits per heavy atom. The Kier molecular flexibility index (Phi) is 2.69. The lowest BCUT2D eigenvalue weighted by molar-refractivity contribution is -0.677. The van der Waals surface area contributed by atoms with Gasteiger partial charge in [0.25, 0.3) is 6.33 Å². The molecule has 0 spiro atoms. The SMILES string of the molecule is Cc1c(C)[n+](C)cn1N(C)c1ccccc1. The normalized spacial score (nSPS) is 10.5. The van der Waals surface area contributed by atoms with Gasteiger partial charge in [0.15, 0.2) is 5.69 Å². The van der Waals surface area contributed by atoms with Crippen molar-refractivity contribution >= 4 is 5.69 Å². The molecule has 0 N–H and O–H groups in total. The maximum atomic E-state index is 2.16. The summed E-state index contributed by atoms with van der Waals surface area (Å²) in [6, 6.07) is 10.4. The van der Waals surface area contributed by atoms with Gasteiger partial charge in [-0.3, -0.25) is 0 Å². The van der Waals surface area contributed by atoms with E-state index >= 15 is 0 Å². The highest BCUT2D eigenvalue weighted by Gasteiger charge is 2.17. The second-order valence-electron chi connectivity index (χ2n) is 4.10. The van der Waals surface area contributed by atoms with E-state index in [4.69, 9.17) is 0 Å². The lowest BCUT2D eigenvalue weighted by atomic mass is 10.3. The molecule has 0 aliphatic rings. The number of benzene rings is 1. The summed E-state index contributed by atoms with van der Waals surface area (Å²) in [5.74, 6) is 0. The number of hydrogen-bond acceptors (Lipinski definition) is 1. The Labute approximate surface area is 96.5 Å². The number of nitrogens with zero attached hydrogens (tertiary/aromatic N) is 3. The molecule has 0 atom stereocenters. The molecule has 0 amide bonds. The Bertz CT molecular complexity index is 485. The van der Waals surface area contributed by atoms with Gasteiger partial charge >= 0.3 is 0 Å². The molecule has 0 saturated carbocycles. The zero-order valence-electron chi connectivity index (χ0n) is 10.3. The third-order valence-electron chi connectivity index (χ3n) is 3.13. The fraction of sp³-hybridized carbons (Fsp3) is 0.308. The molecule has 1 aromatic carbocycles. The monoisotopic (exact) mass is 216 g/mol. The summed E-state index contributed by atoms with van der Waals surface area (Å²) in [5.41, 5.74) is 3.72. The minimum atomic E-state index is 1.18. The van der Waals surface area contributed by atoms with E-state index in [2.05, 4.69) is 72.8 Å². The highest BCUT2D eigenvalue weighted by atomic mass is 15.6. The topological polar surface area (TPSA) is 12.0 Å². The van der Waals surface area contributed by atoms with Gasteiger partial charge in [0, 0.05) is 20.9 Å². The standard InChI is InChI=1S/C13H18N3/c1-11-12(2)16(10-14(11)3)15(4)13-8-6-5-7-9-13/h5-10H,1-4H3/q+1. The number of anilines is 1. The van der Waals surface area contributed by atoms with Crippen molar-refractivity contribution in [3.8, 4) is 0 Å². The molecule has 0 unspecified atom stereocenters. The molecule has 84 valence electrons. The van der Waals surface area contributed by atoms with Crippen LogP contribution in [0.2, 0.25) is 0 Å². The minimum Gasteiger partial charge on any atom is -0.235 e. The molecular formula is C13H18N3+. The van der Waals surface area contributed by atoms with Crippen LogP contribution in [-0.2, 0) is 7.05 Å². The van der Waals surface area contributed by atoms with E-state index in [1.165, 1.54) is 17.1 Å². The van der Waals surface area contributed by atoms with E-state index < -0.39 is 0 Å². The van der Waals surface area contributed by atoms with Crippen LogP contribution >= 0.6 is 0 Å². The average Bonchev–Trinajstić information content (AvgIpc) is 2.57. The molecule has 0 saturated heterocycles. The zero-order chi connectivity index (χ0) is 11.7. The predicted molar refractivity (Wildman–Crippen MR) is 65.3 cm³/mol. The van der Waals surface area contributed by atoms with Crippen molar-refractivity contribution in [2.75, 3.05) is 12.1 Å². The van der Waals surface area contributed by atoms with Gasteiger partial charge in [0.05, 0.1) is 12.7 Å². The number of hydrogen-bond donors (Lipinski definition) is 0. The van der Waals surface area contributed by atoms with Crippen molar-refractivity contribution in [2.45, 2.75) is 13.8 Å². The van der Waals surface area contributed by atoms with Crippen molar-refractivity contribution in [3.05, 3.63) is 48.0 Å². The molecule has 2 aromatic rings. The van der Waals surface area contributed by atoms with Gasteiger partial charge in [-0.15, -0.1) is 4.68 Å². The lowest BCUT2D eigenvalue weighted by Crippen LogP contribution is -2.30. The van der Waals surface area contributed by atoms with Crippen molar-refractivity contribution in [1.82, 2.24) is 4.68 Å². The largest absolute Gasteiger partial charge is 0.267 e. The summed E-state index contributed by atoms with van der Waals surface area (Å²) < 4.78 is 4.29. The first kappa shape index (κ1) is 10.7. The predicted octanol–water partition coefficient (Wildman–Crippen LogP) is 1.83. The average molecular weight is 216 g/mol. The number of imidazole rings is 1. The van der Waals surface area contributed by atoms with Crippen molar-refractivity contribution in [3.63, 3.8) is 0 Å². The summed E-state index contributed by atoms with van der Waals surface area (Å²) in [7, 11) is 4.14. The summed E-state index contributed by atoms with van der Waals surface area (Å²) in [4.78, 5) is 0. The van der Waals surface area contributed by atoms with Crippen LogP contribution < -0.4 is 9.58 Å².